The monoisotopic (exact) mass is 188 g/mol. The Balaban J connectivity index is 2.05. The molecule has 1 fully saturated rings. The van der Waals surface area contributed by atoms with Crippen molar-refractivity contribution in [2.24, 2.45) is 4.99 Å². The number of likely N-dealkylation sites (tertiary alicyclic amines) is 1. The second-order valence-corrected chi connectivity index (χ2v) is 3.82. The molecule has 0 bridgehead atoms. The Labute approximate surface area is 85.3 Å². The molecule has 0 unspecified atom stereocenters. The molecule has 0 N–H and O–H groups in total. The van der Waals surface area contributed by atoms with E-state index in [9.17, 15) is 0 Å². The summed E-state index contributed by atoms with van der Waals surface area (Å²) in [5.74, 6) is 0. The van der Waals surface area contributed by atoms with E-state index in [1.807, 2.05) is 18.2 Å². The van der Waals surface area contributed by atoms with Crippen molar-refractivity contribution in [2.45, 2.75) is 12.8 Å². The van der Waals surface area contributed by atoms with Crippen LogP contribution in [-0.4, -0.2) is 30.7 Å². The van der Waals surface area contributed by atoms with Crippen molar-refractivity contribution in [2.75, 3.05) is 20.1 Å². The van der Waals surface area contributed by atoms with Crippen molar-refractivity contribution >= 4 is 11.4 Å². The highest BCUT2D eigenvalue weighted by molar-refractivity contribution is 5.87. The van der Waals surface area contributed by atoms with Gasteiger partial charge in [0.25, 0.3) is 0 Å². The van der Waals surface area contributed by atoms with Gasteiger partial charge < -0.3 is 4.90 Å². The van der Waals surface area contributed by atoms with E-state index in [1.165, 1.54) is 5.71 Å². The zero-order valence-electron chi connectivity index (χ0n) is 8.61. The van der Waals surface area contributed by atoms with Gasteiger partial charge in [0.2, 0.25) is 0 Å². The van der Waals surface area contributed by atoms with Crippen molar-refractivity contribution in [3.63, 3.8) is 0 Å². The van der Waals surface area contributed by atoms with Crippen LogP contribution in [-0.2, 0) is 0 Å². The standard InChI is InChI=1S/C12H16N2/c1-14-9-7-12(8-10-14)13-11-5-3-2-4-6-11/h2-6H,7-10H2,1H3. The van der Waals surface area contributed by atoms with E-state index in [1.54, 1.807) is 0 Å². The van der Waals surface area contributed by atoms with Gasteiger partial charge in [-0.15, -0.1) is 0 Å². The summed E-state index contributed by atoms with van der Waals surface area (Å²) in [6, 6.07) is 10.2. The molecular formula is C12H16N2. The van der Waals surface area contributed by atoms with Crippen molar-refractivity contribution in [1.82, 2.24) is 4.90 Å². The summed E-state index contributed by atoms with van der Waals surface area (Å²) in [6.45, 7) is 2.29. The lowest BCUT2D eigenvalue weighted by Crippen LogP contribution is -2.30. The number of benzene rings is 1. The second kappa shape index (κ2) is 4.38. The van der Waals surface area contributed by atoms with Gasteiger partial charge in [-0.05, 0) is 32.0 Å². The third-order valence-corrected chi connectivity index (χ3v) is 2.61. The van der Waals surface area contributed by atoms with Crippen LogP contribution >= 0.6 is 0 Å². The molecule has 0 aliphatic carbocycles. The highest BCUT2D eigenvalue weighted by atomic mass is 15.1. The minimum atomic E-state index is 1.09. The first-order valence-corrected chi connectivity index (χ1v) is 5.14. The Morgan fingerprint density at radius 3 is 2.36 bits per heavy atom. The first kappa shape index (κ1) is 9.41. The first-order chi connectivity index (χ1) is 6.84. The highest BCUT2D eigenvalue weighted by Gasteiger charge is 2.10. The molecule has 0 radical (unpaired) electrons. The van der Waals surface area contributed by atoms with E-state index in [2.05, 4.69) is 29.1 Å². The summed E-state index contributed by atoms with van der Waals surface area (Å²) in [5.41, 5.74) is 2.43. The molecule has 1 aliphatic rings. The van der Waals surface area contributed by atoms with Gasteiger partial charge in [-0.3, -0.25) is 4.99 Å². The molecule has 2 rings (SSSR count). The summed E-state index contributed by atoms with van der Waals surface area (Å²) in [5, 5.41) is 0. The Bertz CT molecular complexity index is 306. The maximum atomic E-state index is 4.64. The predicted octanol–water partition coefficient (Wildman–Crippen LogP) is 2.48. The molecule has 1 saturated heterocycles. The molecule has 2 nitrogen and oxygen atoms in total. The first-order valence-electron chi connectivity index (χ1n) is 5.14. The van der Waals surface area contributed by atoms with Crippen LogP contribution in [0.15, 0.2) is 35.3 Å². The van der Waals surface area contributed by atoms with Gasteiger partial charge >= 0.3 is 0 Å². The highest BCUT2D eigenvalue weighted by Crippen LogP contribution is 2.14. The third kappa shape index (κ3) is 2.42. The summed E-state index contributed by atoms with van der Waals surface area (Å²) < 4.78 is 0. The molecule has 0 atom stereocenters. The van der Waals surface area contributed by atoms with Crippen LogP contribution < -0.4 is 0 Å². The molecule has 0 spiro atoms. The molecule has 0 aromatic heterocycles. The fourth-order valence-corrected chi connectivity index (χ4v) is 1.67. The van der Waals surface area contributed by atoms with Crippen molar-refractivity contribution in [1.29, 1.82) is 0 Å². The maximum absolute atomic E-state index is 4.64. The van der Waals surface area contributed by atoms with Crippen molar-refractivity contribution in [3.05, 3.63) is 30.3 Å². The molecule has 1 aliphatic heterocycles. The van der Waals surface area contributed by atoms with Crippen LogP contribution in [0.25, 0.3) is 0 Å². The van der Waals surface area contributed by atoms with Crippen molar-refractivity contribution < 1.29 is 0 Å². The largest absolute Gasteiger partial charge is 0.306 e. The summed E-state index contributed by atoms with van der Waals surface area (Å²) in [6.07, 6.45) is 2.23. The lowest BCUT2D eigenvalue weighted by atomic mass is 10.1. The molecular weight excluding hydrogens is 172 g/mol. The number of hydrogen-bond acceptors (Lipinski definition) is 2. The smallest absolute Gasteiger partial charge is 0.0629 e. The third-order valence-electron chi connectivity index (χ3n) is 2.61. The van der Waals surface area contributed by atoms with Gasteiger partial charge in [0.1, 0.15) is 0 Å². The summed E-state index contributed by atoms with van der Waals surface area (Å²) >= 11 is 0. The second-order valence-electron chi connectivity index (χ2n) is 3.82. The Morgan fingerprint density at radius 2 is 1.71 bits per heavy atom. The molecule has 1 heterocycles. The van der Waals surface area contributed by atoms with Crippen LogP contribution in [0.2, 0.25) is 0 Å². The van der Waals surface area contributed by atoms with E-state index in [4.69, 9.17) is 0 Å². The van der Waals surface area contributed by atoms with Crippen molar-refractivity contribution in [3.8, 4) is 0 Å². The number of hydrogen-bond donors (Lipinski definition) is 0. The zero-order chi connectivity index (χ0) is 9.80. The molecule has 2 heteroatoms. The number of nitrogens with zero attached hydrogens (tertiary/aromatic N) is 2. The minimum absolute atomic E-state index is 1.09. The molecule has 74 valence electrons. The van der Waals surface area contributed by atoms with Crippen LogP contribution in [0.1, 0.15) is 12.8 Å². The molecule has 1 aromatic carbocycles. The van der Waals surface area contributed by atoms with E-state index in [0.29, 0.717) is 0 Å². The minimum Gasteiger partial charge on any atom is -0.306 e. The van der Waals surface area contributed by atoms with Gasteiger partial charge in [0.15, 0.2) is 0 Å². The molecule has 1 aromatic rings. The quantitative estimate of drug-likeness (QED) is 0.661. The Kier molecular flexibility index (Phi) is 2.94. The lowest BCUT2D eigenvalue weighted by Gasteiger charge is -2.22. The number of para-hydroxylation sites is 1. The zero-order valence-corrected chi connectivity index (χ0v) is 8.61. The van der Waals surface area contributed by atoms with Gasteiger partial charge in [0, 0.05) is 18.8 Å². The van der Waals surface area contributed by atoms with Gasteiger partial charge in [0.05, 0.1) is 5.69 Å². The Morgan fingerprint density at radius 1 is 1.07 bits per heavy atom. The fourth-order valence-electron chi connectivity index (χ4n) is 1.67. The predicted molar refractivity (Wildman–Crippen MR) is 60.3 cm³/mol. The van der Waals surface area contributed by atoms with E-state index in [0.717, 1.165) is 31.6 Å². The van der Waals surface area contributed by atoms with Crippen LogP contribution in [0.3, 0.4) is 0 Å². The van der Waals surface area contributed by atoms with Gasteiger partial charge in [-0.1, -0.05) is 18.2 Å². The van der Waals surface area contributed by atoms with Gasteiger partial charge in [-0.25, -0.2) is 0 Å². The van der Waals surface area contributed by atoms with E-state index >= 15 is 0 Å². The lowest BCUT2D eigenvalue weighted by molar-refractivity contribution is 0.336. The van der Waals surface area contributed by atoms with E-state index < -0.39 is 0 Å². The molecule has 0 saturated carbocycles. The van der Waals surface area contributed by atoms with Crippen LogP contribution in [0.4, 0.5) is 5.69 Å². The maximum Gasteiger partial charge on any atom is 0.0629 e. The average Bonchev–Trinajstić information content (AvgIpc) is 2.23. The van der Waals surface area contributed by atoms with Crippen LogP contribution in [0.5, 0.6) is 0 Å². The fraction of sp³-hybridized carbons (Fsp3) is 0.417. The van der Waals surface area contributed by atoms with Crippen LogP contribution in [0, 0.1) is 0 Å². The normalized spacial score (nSPS) is 18.2. The topological polar surface area (TPSA) is 15.6 Å². The molecule has 14 heavy (non-hydrogen) atoms. The van der Waals surface area contributed by atoms with E-state index in [-0.39, 0.29) is 0 Å². The van der Waals surface area contributed by atoms with Gasteiger partial charge in [-0.2, -0.15) is 0 Å². The SMILES string of the molecule is CN1CCC(=Nc2ccccc2)CC1. The molecule has 0 amide bonds. The Hall–Kier alpha value is -1.15. The summed E-state index contributed by atoms with van der Waals surface area (Å²) in [4.78, 5) is 6.99. The average molecular weight is 188 g/mol. The number of piperidine rings is 1. The number of aliphatic imine (C=N–C) groups is 1. The number of rotatable bonds is 1. The summed E-state index contributed by atoms with van der Waals surface area (Å²) in [7, 11) is 2.17.